The van der Waals surface area contributed by atoms with Gasteiger partial charge in [0.15, 0.2) is 0 Å². The molecule has 1 rings (SSSR count). The third-order valence-corrected chi connectivity index (χ3v) is 3.02. The zero-order valence-corrected chi connectivity index (χ0v) is 10.9. The molecule has 1 aromatic carbocycles. The van der Waals surface area contributed by atoms with E-state index in [-0.39, 0.29) is 6.61 Å². The van der Waals surface area contributed by atoms with Crippen LogP contribution in [0.25, 0.3) is 0 Å². The Hall–Kier alpha value is -1.08. The van der Waals surface area contributed by atoms with Crippen LogP contribution in [0, 0.1) is 11.3 Å². The molecule has 0 aliphatic heterocycles. The first-order valence-electron chi connectivity index (χ1n) is 5.62. The normalized spacial score (nSPS) is 10.9. The Kier molecular flexibility index (Phi) is 5.43. The number of nitrogens with zero attached hydrogens (tertiary/aromatic N) is 2. The molecule has 92 valence electrons. The van der Waals surface area contributed by atoms with Gasteiger partial charge in [-0.05, 0) is 31.5 Å². The molecule has 4 heteroatoms. The van der Waals surface area contributed by atoms with Crippen LogP contribution in [0.1, 0.15) is 25.0 Å². The molecule has 1 N–H and O–H groups in total. The molecule has 0 aromatic heterocycles. The van der Waals surface area contributed by atoms with Crippen molar-refractivity contribution in [3.8, 4) is 6.07 Å². The summed E-state index contributed by atoms with van der Waals surface area (Å²) in [4.78, 5) is 2.13. The van der Waals surface area contributed by atoms with Crippen LogP contribution < -0.4 is 0 Å². The Labute approximate surface area is 107 Å². The van der Waals surface area contributed by atoms with Crippen LogP contribution >= 0.6 is 11.6 Å². The predicted molar refractivity (Wildman–Crippen MR) is 68.8 cm³/mol. The van der Waals surface area contributed by atoms with E-state index in [2.05, 4.69) is 24.8 Å². The molecule has 0 spiro atoms. The lowest BCUT2D eigenvalue weighted by molar-refractivity contribution is 0.159. The number of hydrogen-bond acceptors (Lipinski definition) is 3. The van der Waals surface area contributed by atoms with Crippen LogP contribution in [0.4, 0.5) is 0 Å². The molecule has 0 heterocycles. The van der Waals surface area contributed by atoms with E-state index in [1.165, 1.54) is 0 Å². The highest BCUT2D eigenvalue weighted by Crippen LogP contribution is 2.20. The van der Waals surface area contributed by atoms with Crippen molar-refractivity contribution in [2.75, 3.05) is 13.2 Å². The van der Waals surface area contributed by atoms with Gasteiger partial charge in [0.2, 0.25) is 0 Å². The van der Waals surface area contributed by atoms with Crippen molar-refractivity contribution in [1.82, 2.24) is 4.90 Å². The van der Waals surface area contributed by atoms with Gasteiger partial charge in [0, 0.05) is 24.2 Å². The van der Waals surface area contributed by atoms with Crippen LogP contribution in [0.3, 0.4) is 0 Å². The zero-order chi connectivity index (χ0) is 12.8. The smallest absolute Gasteiger partial charge is 0.0992 e. The first-order chi connectivity index (χ1) is 8.08. The quantitative estimate of drug-likeness (QED) is 0.876. The maximum absolute atomic E-state index is 9.00. The van der Waals surface area contributed by atoms with E-state index in [1.807, 2.05) is 6.07 Å². The van der Waals surface area contributed by atoms with Crippen molar-refractivity contribution in [2.45, 2.75) is 26.4 Å². The number of nitriles is 1. The van der Waals surface area contributed by atoms with Crippen molar-refractivity contribution >= 4 is 11.6 Å². The highest BCUT2D eigenvalue weighted by Gasteiger charge is 2.11. The van der Waals surface area contributed by atoms with Gasteiger partial charge in [0.1, 0.15) is 0 Å². The summed E-state index contributed by atoms with van der Waals surface area (Å²) in [6.45, 7) is 5.59. The minimum Gasteiger partial charge on any atom is -0.395 e. The molecular weight excluding hydrogens is 236 g/mol. The Morgan fingerprint density at radius 3 is 2.65 bits per heavy atom. The van der Waals surface area contributed by atoms with E-state index in [4.69, 9.17) is 22.0 Å². The maximum atomic E-state index is 9.00. The van der Waals surface area contributed by atoms with Gasteiger partial charge in [-0.15, -0.1) is 0 Å². The van der Waals surface area contributed by atoms with Gasteiger partial charge in [0.05, 0.1) is 18.2 Å². The third kappa shape index (κ3) is 4.01. The predicted octanol–water partition coefficient (Wildman–Crippen LogP) is 2.41. The summed E-state index contributed by atoms with van der Waals surface area (Å²) < 4.78 is 0. The van der Waals surface area contributed by atoms with Crippen LogP contribution in [0.15, 0.2) is 18.2 Å². The van der Waals surface area contributed by atoms with E-state index >= 15 is 0 Å². The summed E-state index contributed by atoms with van der Waals surface area (Å²) in [6.07, 6.45) is 0. The van der Waals surface area contributed by atoms with Crippen molar-refractivity contribution in [3.05, 3.63) is 34.3 Å². The number of aliphatic hydroxyl groups is 1. The first-order valence-corrected chi connectivity index (χ1v) is 5.99. The maximum Gasteiger partial charge on any atom is 0.0992 e. The molecule has 0 saturated heterocycles. The van der Waals surface area contributed by atoms with Gasteiger partial charge < -0.3 is 5.11 Å². The lowest BCUT2D eigenvalue weighted by Crippen LogP contribution is -2.33. The van der Waals surface area contributed by atoms with Gasteiger partial charge in [-0.1, -0.05) is 17.7 Å². The Balaban J connectivity index is 2.83. The second-order valence-corrected chi connectivity index (χ2v) is 4.61. The van der Waals surface area contributed by atoms with E-state index in [0.29, 0.717) is 29.7 Å². The monoisotopic (exact) mass is 252 g/mol. The van der Waals surface area contributed by atoms with Gasteiger partial charge in [-0.2, -0.15) is 5.26 Å². The van der Waals surface area contributed by atoms with E-state index in [0.717, 1.165) is 5.56 Å². The fourth-order valence-electron chi connectivity index (χ4n) is 1.61. The molecule has 1 aromatic rings. The van der Waals surface area contributed by atoms with Crippen LogP contribution in [-0.4, -0.2) is 29.2 Å². The number of benzene rings is 1. The van der Waals surface area contributed by atoms with Gasteiger partial charge >= 0.3 is 0 Å². The molecule has 0 bridgehead atoms. The topological polar surface area (TPSA) is 47.3 Å². The van der Waals surface area contributed by atoms with Gasteiger partial charge in [0.25, 0.3) is 0 Å². The summed E-state index contributed by atoms with van der Waals surface area (Å²) in [5.74, 6) is 0. The number of hydrogen-bond donors (Lipinski definition) is 1. The number of aliphatic hydroxyl groups excluding tert-OH is 1. The third-order valence-electron chi connectivity index (χ3n) is 2.67. The molecule has 3 nitrogen and oxygen atoms in total. The summed E-state index contributed by atoms with van der Waals surface area (Å²) in [5, 5.41) is 18.4. The largest absolute Gasteiger partial charge is 0.395 e. The summed E-state index contributed by atoms with van der Waals surface area (Å²) >= 11 is 6.12. The fraction of sp³-hybridized carbons (Fsp3) is 0.462. The molecule has 0 amide bonds. The highest BCUT2D eigenvalue weighted by atomic mass is 35.5. The molecular formula is C13H17ClN2O. The molecule has 0 aliphatic carbocycles. The highest BCUT2D eigenvalue weighted by molar-refractivity contribution is 6.31. The van der Waals surface area contributed by atoms with Crippen molar-refractivity contribution in [2.24, 2.45) is 0 Å². The van der Waals surface area contributed by atoms with Crippen LogP contribution in [0.2, 0.25) is 5.02 Å². The zero-order valence-electron chi connectivity index (χ0n) is 10.2. The molecule has 0 unspecified atom stereocenters. The minimum atomic E-state index is 0.131. The van der Waals surface area contributed by atoms with Gasteiger partial charge in [-0.25, -0.2) is 0 Å². The Bertz CT molecular complexity index is 412. The fourth-order valence-corrected chi connectivity index (χ4v) is 1.85. The molecule has 0 fully saturated rings. The van der Waals surface area contributed by atoms with Crippen molar-refractivity contribution in [1.29, 1.82) is 5.26 Å². The van der Waals surface area contributed by atoms with Gasteiger partial charge in [-0.3, -0.25) is 4.90 Å². The lowest BCUT2D eigenvalue weighted by Gasteiger charge is -2.26. The van der Waals surface area contributed by atoms with E-state index in [9.17, 15) is 0 Å². The summed E-state index contributed by atoms with van der Waals surface area (Å²) in [6, 6.07) is 7.71. The average molecular weight is 253 g/mol. The molecule has 0 radical (unpaired) electrons. The number of halogens is 1. The van der Waals surface area contributed by atoms with Crippen molar-refractivity contribution < 1.29 is 5.11 Å². The Morgan fingerprint density at radius 1 is 1.47 bits per heavy atom. The molecule has 0 aliphatic rings. The lowest BCUT2D eigenvalue weighted by atomic mass is 10.1. The summed E-state index contributed by atoms with van der Waals surface area (Å²) in [5.41, 5.74) is 1.55. The second-order valence-electron chi connectivity index (χ2n) is 4.21. The molecule has 17 heavy (non-hydrogen) atoms. The van der Waals surface area contributed by atoms with E-state index < -0.39 is 0 Å². The van der Waals surface area contributed by atoms with Crippen LogP contribution in [0.5, 0.6) is 0 Å². The van der Waals surface area contributed by atoms with Crippen molar-refractivity contribution in [3.63, 3.8) is 0 Å². The average Bonchev–Trinajstić information content (AvgIpc) is 2.30. The SMILES string of the molecule is CC(C)N(CCO)Cc1ccc(C#N)cc1Cl. The number of rotatable bonds is 5. The Morgan fingerprint density at radius 2 is 2.18 bits per heavy atom. The van der Waals surface area contributed by atoms with E-state index in [1.54, 1.807) is 12.1 Å². The minimum absolute atomic E-state index is 0.131. The summed E-state index contributed by atoms with van der Waals surface area (Å²) in [7, 11) is 0. The first kappa shape index (κ1) is 14.0. The standard InChI is InChI=1S/C13H17ClN2O/c1-10(2)16(5-6-17)9-12-4-3-11(8-15)7-13(12)14/h3-4,7,10,17H,5-6,9H2,1-2H3. The van der Waals surface area contributed by atoms with Crippen LogP contribution in [-0.2, 0) is 6.54 Å². The molecule has 0 saturated carbocycles. The second kappa shape index (κ2) is 6.61. The molecule has 0 atom stereocenters.